The van der Waals surface area contributed by atoms with Crippen LogP contribution >= 0.6 is 0 Å². The molecule has 1 aliphatic carbocycles. The van der Waals surface area contributed by atoms with Crippen LogP contribution in [-0.4, -0.2) is 17.3 Å². The van der Waals surface area contributed by atoms with Crippen molar-refractivity contribution >= 4 is 5.69 Å². The van der Waals surface area contributed by atoms with Crippen LogP contribution in [0.4, 0.5) is 10.1 Å². The Balaban J connectivity index is 1.59. The van der Waals surface area contributed by atoms with Gasteiger partial charge in [-0.25, -0.2) is 4.39 Å². The van der Waals surface area contributed by atoms with E-state index in [-0.39, 0.29) is 5.75 Å². The second kappa shape index (κ2) is 6.58. The fourth-order valence-corrected chi connectivity index (χ4v) is 2.67. The molecule has 0 N–H and O–H groups in total. The minimum Gasteiger partial charge on any atom is -0.494 e. The molecule has 0 bridgehead atoms. The number of methoxy groups -OCH3 is 1. The maximum absolute atomic E-state index is 14.1. The van der Waals surface area contributed by atoms with Crippen LogP contribution in [0.5, 0.6) is 5.75 Å². The fourth-order valence-electron chi connectivity index (χ4n) is 2.67. The molecule has 6 nitrogen and oxygen atoms in total. The third-order valence-electron chi connectivity index (χ3n) is 4.16. The Hall–Kier alpha value is -2.83. The Morgan fingerprint density at radius 1 is 1.24 bits per heavy atom. The van der Waals surface area contributed by atoms with E-state index in [2.05, 4.69) is 10.2 Å². The monoisotopic (exact) mass is 343 g/mol. The zero-order valence-corrected chi connectivity index (χ0v) is 13.8. The number of hydrogen-bond donors (Lipinski definition) is 0. The number of anilines is 1. The summed E-state index contributed by atoms with van der Waals surface area (Å²) in [4.78, 5) is 1.92. The summed E-state index contributed by atoms with van der Waals surface area (Å²) in [6, 6.07) is 8.52. The van der Waals surface area contributed by atoms with Crippen molar-refractivity contribution < 1.29 is 18.0 Å². The van der Waals surface area contributed by atoms with Crippen molar-refractivity contribution in [3.63, 3.8) is 0 Å². The van der Waals surface area contributed by atoms with E-state index in [1.165, 1.54) is 13.2 Å². The van der Waals surface area contributed by atoms with Crippen LogP contribution in [-0.2, 0) is 13.1 Å². The van der Waals surface area contributed by atoms with Gasteiger partial charge in [0.2, 0.25) is 11.8 Å². The fraction of sp³-hybridized carbons (Fsp3) is 0.333. The highest BCUT2D eigenvalue weighted by Crippen LogP contribution is 2.39. The van der Waals surface area contributed by atoms with E-state index in [0.717, 1.165) is 18.6 Å². The van der Waals surface area contributed by atoms with Crippen molar-refractivity contribution in [1.29, 1.82) is 0 Å². The maximum Gasteiger partial charge on any atom is 0.235 e. The Morgan fingerprint density at radius 3 is 2.80 bits per heavy atom. The van der Waals surface area contributed by atoms with Gasteiger partial charge in [0.05, 0.1) is 26.5 Å². The van der Waals surface area contributed by atoms with Gasteiger partial charge in [0.1, 0.15) is 5.76 Å². The van der Waals surface area contributed by atoms with Crippen LogP contribution < -0.4 is 9.64 Å². The summed E-state index contributed by atoms with van der Waals surface area (Å²) in [6.45, 7) is 0.825. The minimum absolute atomic E-state index is 0.204. The van der Waals surface area contributed by atoms with E-state index in [1.807, 2.05) is 17.0 Å². The lowest BCUT2D eigenvalue weighted by atomic mass is 10.2. The zero-order valence-electron chi connectivity index (χ0n) is 13.8. The van der Waals surface area contributed by atoms with Gasteiger partial charge in [0, 0.05) is 17.7 Å². The summed E-state index contributed by atoms with van der Waals surface area (Å²) >= 11 is 0. The molecule has 0 atom stereocenters. The van der Waals surface area contributed by atoms with Crippen LogP contribution in [0.2, 0.25) is 0 Å². The number of aromatic nitrogens is 2. The molecular weight excluding hydrogens is 325 g/mol. The van der Waals surface area contributed by atoms with Crippen molar-refractivity contribution in [2.45, 2.75) is 31.8 Å². The Labute approximate surface area is 144 Å². The summed E-state index contributed by atoms with van der Waals surface area (Å²) in [7, 11) is 1.44. The third-order valence-corrected chi connectivity index (χ3v) is 4.16. The van der Waals surface area contributed by atoms with Crippen molar-refractivity contribution in [3.8, 4) is 5.75 Å². The molecular formula is C18H18FN3O3. The number of nitrogens with zero attached hydrogens (tertiary/aromatic N) is 3. The predicted molar refractivity (Wildman–Crippen MR) is 87.8 cm³/mol. The number of furan rings is 1. The van der Waals surface area contributed by atoms with E-state index in [4.69, 9.17) is 13.6 Å². The third kappa shape index (κ3) is 3.50. The molecule has 7 heteroatoms. The van der Waals surface area contributed by atoms with E-state index >= 15 is 0 Å². The van der Waals surface area contributed by atoms with Crippen molar-refractivity contribution in [2.75, 3.05) is 12.0 Å². The highest BCUT2D eigenvalue weighted by atomic mass is 19.1. The number of benzene rings is 1. The average Bonchev–Trinajstić information content (AvgIpc) is 3.14. The molecule has 0 amide bonds. The van der Waals surface area contributed by atoms with Crippen LogP contribution in [0.1, 0.15) is 36.3 Å². The summed E-state index contributed by atoms with van der Waals surface area (Å²) in [6.07, 6.45) is 3.81. The van der Waals surface area contributed by atoms with Crippen molar-refractivity contribution in [1.82, 2.24) is 10.2 Å². The van der Waals surface area contributed by atoms with Gasteiger partial charge in [-0.3, -0.25) is 0 Å². The van der Waals surface area contributed by atoms with Gasteiger partial charge < -0.3 is 18.5 Å². The summed E-state index contributed by atoms with van der Waals surface area (Å²) in [5, 5.41) is 8.23. The van der Waals surface area contributed by atoms with Gasteiger partial charge in [-0.1, -0.05) is 0 Å². The molecule has 1 aliphatic rings. The van der Waals surface area contributed by atoms with E-state index in [0.29, 0.717) is 36.5 Å². The van der Waals surface area contributed by atoms with E-state index in [1.54, 1.807) is 18.4 Å². The molecule has 0 saturated heterocycles. The zero-order chi connectivity index (χ0) is 17.2. The Bertz CT molecular complexity index is 843. The summed E-state index contributed by atoms with van der Waals surface area (Å²) in [5.74, 6) is 2.14. The highest BCUT2D eigenvalue weighted by molar-refractivity contribution is 5.50. The van der Waals surface area contributed by atoms with Crippen LogP contribution in [0.15, 0.2) is 45.4 Å². The first-order valence-corrected chi connectivity index (χ1v) is 8.16. The van der Waals surface area contributed by atoms with E-state index < -0.39 is 5.82 Å². The molecule has 0 spiro atoms. The first kappa shape index (κ1) is 15.7. The van der Waals surface area contributed by atoms with Gasteiger partial charge in [0.15, 0.2) is 11.6 Å². The number of rotatable bonds is 7. The molecule has 1 saturated carbocycles. The van der Waals surface area contributed by atoms with Gasteiger partial charge in [0.25, 0.3) is 0 Å². The SMILES string of the molecule is COc1ccc(N(Cc2ccco2)Cc2nnc(C3CC3)o2)cc1F. The molecule has 4 rings (SSSR count). The average molecular weight is 343 g/mol. The first-order valence-electron chi connectivity index (χ1n) is 8.16. The smallest absolute Gasteiger partial charge is 0.235 e. The van der Waals surface area contributed by atoms with Crippen LogP contribution in [0, 0.1) is 5.82 Å². The lowest BCUT2D eigenvalue weighted by molar-refractivity contribution is 0.386. The highest BCUT2D eigenvalue weighted by Gasteiger charge is 2.29. The molecule has 1 fully saturated rings. The largest absolute Gasteiger partial charge is 0.494 e. The Morgan fingerprint density at radius 2 is 2.12 bits per heavy atom. The summed E-state index contributed by atoms with van der Waals surface area (Å²) in [5.41, 5.74) is 0.681. The Kier molecular flexibility index (Phi) is 4.13. The number of hydrogen-bond acceptors (Lipinski definition) is 6. The second-order valence-electron chi connectivity index (χ2n) is 6.06. The maximum atomic E-state index is 14.1. The van der Waals surface area contributed by atoms with Crippen molar-refractivity contribution in [2.24, 2.45) is 0 Å². The van der Waals surface area contributed by atoms with Crippen LogP contribution in [0.25, 0.3) is 0 Å². The molecule has 25 heavy (non-hydrogen) atoms. The standard InChI is InChI=1S/C18H18FN3O3/c1-23-16-7-6-13(9-15(16)19)22(10-14-3-2-8-24-14)11-17-20-21-18(25-17)12-4-5-12/h2-3,6-9,12H,4-5,10-11H2,1H3. The lowest BCUT2D eigenvalue weighted by Crippen LogP contribution is -2.22. The normalized spacial score (nSPS) is 13.8. The molecule has 3 aromatic rings. The lowest BCUT2D eigenvalue weighted by Gasteiger charge is -2.22. The first-order chi connectivity index (χ1) is 12.2. The van der Waals surface area contributed by atoms with Crippen molar-refractivity contribution in [3.05, 3.63) is 60.0 Å². The second-order valence-corrected chi connectivity index (χ2v) is 6.06. The molecule has 2 aromatic heterocycles. The van der Waals surface area contributed by atoms with Gasteiger partial charge in [-0.05, 0) is 37.1 Å². The molecule has 0 radical (unpaired) electrons. The summed E-state index contributed by atoms with van der Waals surface area (Å²) < 4.78 is 30.3. The molecule has 130 valence electrons. The van der Waals surface area contributed by atoms with E-state index in [9.17, 15) is 4.39 Å². The topological polar surface area (TPSA) is 64.5 Å². The minimum atomic E-state index is -0.423. The quantitative estimate of drug-likeness (QED) is 0.648. The molecule has 0 unspecified atom stereocenters. The van der Waals surface area contributed by atoms with Gasteiger partial charge >= 0.3 is 0 Å². The number of ether oxygens (including phenoxy) is 1. The molecule has 2 heterocycles. The van der Waals surface area contributed by atoms with Gasteiger partial charge in [-0.15, -0.1) is 10.2 Å². The predicted octanol–water partition coefficient (Wildman–Crippen LogP) is 3.89. The van der Waals surface area contributed by atoms with Gasteiger partial charge in [-0.2, -0.15) is 0 Å². The molecule has 0 aliphatic heterocycles. The number of halogens is 1. The molecule has 1 aromatic carbocycles. The van der Waals surface area contributed by atoms with Crippen LogP contribution in [0.3, 0.4) is 0 Å².